The Kier molecular flexibility index (Phi) is 5.83. The maximum absolute atomic E-state index is 9.11. The van der Waals surface area contributed by atoms with Crippen molar-refractivity contribution in [2.75, 3.05) is 46.3 Å². The first-order chi connectivity index (χ1) is 9.65. The molecule has 0 aromatic heterocycles. The number of nitriles is 1. The van der Waals surface area contributed by atoms with Crippen LogP contribution in [0.3, 0.4) is 0 Å². The van der Waals surface area contributed by atoms with Crippen molar-refractivity contribution in [3.05, 3.63) is 0 Å². The van der Waals surface area contributed by atoms with E-state index in [1.165, 1.54) is 58.5 Å². The van der Waals surface area contributed by atoms with Crippen LogP contribution in [0.4, 0.5) is 0 Å². The smallest absolute Gasteiger partial charge is 0.103 e. The molecular formula is C16H30N4. The molecule has 114 valence electrons. The Hall–Kier alpha value is -0.630. The fraction of sp³-hybridized carbons (Fsp3) is 0.938. The lowest BCUT2D eigenvalue weighted by atomic mass is 9.97. The number of rotatable bonds is 8. The third-order valence-electron chi connectivity index (χ3n) is 4.88. The van der Waals surface area contributed by atoms with Crippen molar-refractivity contribution in [1.82, 2.24) is 15.1 Å². The highest BCUT2D eigenvalue weighted by Gasteiger charge is 2.26. The summed E-state index contributed by atoms with van der Waals surface area (Å²) in [7, 11) is 1.88. The summed E-state index contributed by atoms with van der Waals surface area (Å²) in [5.41, 5.74) is -0.344. The molecule has 20 heavy (non-hydrogen) atoms. The van der Waals surface area contributed by atoms with Gasteiger partial charge < -0.3 is 15.1 Å². The van der Waals surface area contributed by atoms with Gasteiger partial charge in [-0.25, -0.2) is 0 Å². The van der Waals surface area contributed by atoms with Gasteiger partial charge in [-0.2, -0.15) is 5.26 Å². The third kappa shape index (κ3) is 5.05. The lowest BCUT2D eigenvalue weighted by Crippen LogP contribution is -2.47. The number of nitrogens with one attached hydrogen (secondary N) is 1. The SMILES string of the molecule is CNC(C)(C#N)CCCCN1CCN(CC2CC2)CC1. The van der Waals surface area contributed by atoms with E-state index in [1.807, 2.05) is 14.0 Å². The first-order valence-electron chi connectivity index (χ1n) is 8.20. The second-order valence-electron chi connectivity index (χ2n) is 6.74. The van der Waals surface area contributed by atoms with Crippen LogP contribution in [0.1, 0.15) is 39.0 Å². The van der Waals surface area contributed by atoms with Gasteiger partial charge in [0.1, 0.15) is 5.54 Å². The maximum Gasteiger partial charge on any atom is 0.103 e. The first-order valence-corrected chi connectivity index (χ1v) is 8.20. The molecule has 4 heteroatoms. The topological polar surface area (TPSA) is 42.3 Å². The zero-order valence-electron chi connectivity index (χ0n) is 13.2. The summed E-state index contributed by atoms with van der Waals surface area (Å²) in [6, 6.07) is 2.37. The summed E-state index contributed by atoms with van der Waals surface area (Å²) >= 11 is 0. The lowest BCUT2D eigenvalue weighted by molar-refractivity contribution is 0.126. The van der Waals surface area contributed by atoms with E-state index in [4.69, 9.17) is 5.26 Å². The minimum Gasteiger partial charge on any atom is -0.303 e. The molecule has 0 radical (unpaired) electrons. The van der Waals surface area contributed by atoms with Crippen LogP contribution in [-0.2, 0) is 0 Å². The van der Waals surface area contributed by atoms with E-state index >= 15 is 0 Å². The number of hydrogen-bond acceptors (Lipinski definition) is 4. The monoisotopic (exact) mass is 278 g/mol. The largest absolute Gasteiger partial charge is 0.303 e. The molecule has 2 aliphatic rings. The van der Waals surface area contributed by atoms with Gasteiger partial charge in [-0.15, -0.1) is 0 Å². The molecule has 1 atom stereocenters. The average Bonchev–Trinajstić information content (AvgIpc) is 3.29. The minimum absolute atomic E-state index is 0.344. The number of nitrogens with zero attached hydrogens (tertiary/aromatic N) is 3. The molecule has 1 saturated carbocycles. The molecule has 0 spiro atoms. The zero-order chi connectivity index (χ0) is 14.4. The number of hydrogen-bond donors (Lipinski definition) is 1. The predicted molar refractivity (Wildman–Crippen MR) is 82.5 cm³/mol. The van der Waals surface area contributed by atoms with E-state index in [-0.39, 0.29) is 5.54 Å². The molecule has 2 fully saturated rings. The predicted octanol–water partition coefficient (Wildman–Crippen LogP) is 1.69. The molecule has 1 aliphatic heterocycles. The van der Waals surface area contributed by atoms with Gasteiger partial charge in [0.2, 0.25) is 0 Å². The Labute approximate surface area is 124 Å². The van der Waals surface area contributed by atoms with Crippen molar-refractivity contribution in [2.24, 2.45) is 5.92 Å². The van der Waals surface area contributed by atoms with Crippen molar-refractivity contribution in [3.63, 3.8) is 0 Å². The fourth-order valence-electron chi connectivity index (χ4n) is 2.91. The van der Waals surface area contributed by atoms with Crippen molar-refractivity contribution >= 4 is 0 Å². The van der Waals surface area contributed by atoms with Crippen LogP contribution in [0.15, 0.2) is 0 Å². The molecule has 1 aliphatic carbocycles. The van der Waals surface area contributed by atoms with E-state index in [9.17, 15) is 0 Å². The summed E-state index contributed by atoms with van der Waals surface area (Å²) in [6.45, 7) is 9.50. The summed E-state index contributed by atoms with van der Waals surface area (Å²) in [5.74, 6) is 1.02. The molecule has 0 amide bonds. The van der Waals surface area contributed by atoms with Crippen molar-refractivity contribution < 1.29 is 0 Å². The first kappa shape index (κ1) is 15.8. The van der Waals surface area contributed by atoms with E-state index in [1.54, 1.807) is 0 Å². The molecule has 0 aromatic rings. The zero-order valence-corrected chi connectivity index (χ0v) is 13.2. The van der Waals surface area contributed by atoms with Crippen LogP contribution >= 0.6 is 0 Å². The van der Waals surface area contributed by atoms with E-state index in [0.29, 0.717) is 0 Å². The van der Waals surface area contributed by atoms with Crippen LogP contribution in [0.25, 0.3) is 0 Å². The molecule has 1 N–H and O–H groups in total. The highest BCUT2D eigenvalue weighted by Crippen LogP contribution is 2.29. The Balaban J connectivity index is 1.53. The Morgan fingerprint density at radius 2 is 1.80 bits per heavy atom. The standard InChI is InChI=1S/C16H30N4/c1-16(14-17,18-2)7-3-4-8-19-9-11-20(12-10-19)13-15-5-6-15/h15,18H,3-13H2,1-2H3. The highest BCUT2D eigenvalue weighted by atomic mass is 15.3. The molecule has 0 aromatic carbocycles. The Morgan fingerprint density at radius 1 is 1.15 bits per heavy atom. The van der Waals surface area contributed by atoms with E-state index in [0.717, 1.165) is 18.8 Å². The van der Waals surface area contributed by atoms with Crippen LogP contribution in [0.2, 0.25) is 0 Å². The van der Waals surface area contributed by atoms with E-state index in [2.05, 4.69) is 21.2 Å². The van der Waals surface area contributed by atoms with E-state index < -0.39 is 0 Å². The van der Waals surface area contributed by atoms with Gasteiger partial charge in [-0.3, -0.25) is 0 Å². The molecular weight excluding hydrogens is 248 g/mol. The summed E-state index contributed by atoms with van der Waals surface area (Å²) in [5, 5.41) is 12.2. The Bertz CT molecular complexity index is 326. The number of unbranched alkanes of at least 4 members (excludes halogenated alkanes) is 1. The fourth-order valence-corrected chi connectivity index (χ4v) is 2.91. The highest BCUT2D eigenvalue weighted by molar-refractivity contribution is 5.02. The summed E-state index contributed by atoms with van der Waals surface area (Å²) in [4.78, 5) is 5.23. The number of piperazine rings is 1. The Morgan fingerprint density at radius 3 is 2.35 bits per heavy atom. The molecule has 1 heterocycles. The van der Waals surface area contributed by atoms with Crippen LogP contribution in [0.5, 0.6) is 0 Å². The molecule has 1 unspecified atom stereocenters. The molecule has 0 bridgehead atoms. The van der Waals surface area contributed by atoms with Crippen molar-refractivity contribution in [1.29, 1.82) is 5.26 Å². The quantitative estimate of drug-likeness (QED) is 0.686. The van der Waals surface area contributed by atoms with Gasteiger partial charge in [0.15, 0.2) is 0 Å². The van der Waals surface area contributed by atoms with Crippen molar-refractivity contribution in [3.8, 4) is 6.07 Å². The van der Waals surface area contributed by atoms with Gasteiger partial charge in [-0.05, 0) is 58.5 Å². The minimum atomic E-state index is -0.344. The van der Waals surface area contributed by atoms with Crippen LogP contribution in [-0.4, -0.2) is 61.7 Å². The van der Waals surface area contributed by atoms with Gasteiger partial charge >= 0.3 is 0 Å². The lowest BCUT2D eigenvalue weighted by Gasteiger charge is -2.34. The third-order valence-corrected chi connectivity index (χ3v) is 4.88. The second-order valence-corrected chi connectivity index (χ2v) is 6.74. The van der Waals surface area contributed by atoms with Crippen LogP contribution < -0.4 is 5.32 Å². The average molecular weight is 278 g/mol. The second kappa shape index (κ2) is 7.40. The van der Waals surface area contributed by atoms with Gasteiger partial charge in [0.25, 0.3) is 0 Å². The van der Waals surface area contributed by atoms with Crippen LogP contribution in [0, 0.1) is 17.2 Å². The normalized spacial score (nSPS) is 24.2. The van der Waals surface area contributed by atoms with Crippen molar-refractivity contribution in [2.45, 2.75) is 44.6 Å². The summed E-state index contributed by atoms with van der Waals surface area (Å²) in [6.07, 6.45) is 6.21. The molecule has 2 rings (SSSR count). The van der Waals surface area contributed by atoms with Gasteiger partial charge in [0, 0.05) is 32.7 Å². The van der Waals surface area contributed by atoms with Gasteiger partial charge in [0.05, 0.1) is 6.07 Å². The molecule has 4 nitrogen and oxygen atoms in total. The van der Waals surface area contributed by atoms with Gasteiger partial charge in [-0.1, -0.05) is 0 Å². The maximum atomic E-state index is 9.11. The molecule has 1 saturated heterocycles. The summed E-state index contributed by atoms with van der Waals surface area (Å²) < 4.78 is 0.